The van der Waals surface area contributed by atoms with E-state index in [0.717, 1.165) is 16.8 Å². The van der Waals surface area contributed by atoms with Crippen LogP contribution < -0.4 is 5.32 Å². The van der Waals surface area contributed by atoms with E-state index in [9.17, 15) is 4.39 Å². The summed E-state index contributed by atoms with van der Waals surface area (Å²) in [5, 5.41) is 3.60. The second-order valence-electron chi connectivity index (χ2n) is 5.81. The predicted molar refractivity (Wildman–Crippen MR) is 96.4 cm³/mol. The highest BCUT2D eigenvalue weighted by molar-refractivity contribution is 6.29. The average Bonchev–Trinajstić information content (AvgIpc) is 2.50. The van der Waals surface area contributed by atoms with E-state index in [1.807, 2.05) is 13.8 Å². The summed E-state index contributed by atoms with van der Waals surface area (Å²) in [5.41, 5.74) is 5.01. The van der Waals surface area contributed by atoms with Crippen LogP contribution in [0.4, 0.5) is 15.9 Å². The number of aromatic nitrogens is 2. The second-order valence-corrected chi connectivity index (χ2v) is 6.20. The molecule has 2 aromatic carbocycles. The lowest BCUT2D eigenvalue weighted by Crippen LogP contribution is -2.01. The fourth-order valence-electron chi connectivity index (χ4n) is 2.74. The molecule has 0 atom stereocenters. The summed E-state index contributed by atoms with van der Waals surface area (Å²) >= 11 is 6.13. The highest BCUT2D eigenvalue weighted by Gasteiger charge is 2.10. The molecule has 0 aliphatic rings. The Morgan fingerprint density at radius 1 is 0.958 bits per heavy atom. The van der Waals surface area contributed by atoms with Crippen molar-refractivity contribution in [2.24, 2.45) is 0 Å². The minimum absolute atomic E-state index is 0.300. The van der Waals surface area contributed by atoms with Crippen LogP contribution in [0.1, 0.15) is 16.7 Å². The van der Waals surface area contributed by atoms with Gasteiger partial charge in [0.2, 0.25) is 0 Å². The third-order valence-electron chi connectivity index (χ3n) is 3.71. The molecule has 0 aliphatic heterocycles. The first kappa shape index (κ1) is 16.4. The fourth-order valence-corrected chi connectivity index (χ4v) is 2.93. The van der Waals surface area contributed by atoms with Gasteiger partial charge in [0.25, 0.3) is 0 Å². The van der Waals surface area contributed by atoms with Gasteiger partial charge in [0.1, 0.15) is 16.8 Å². The molecule has 0 amide bonds. The van der Waals surface area contributed by atoms with Gasteiger partial charge < -0.3 is 5.32 Å². The molecule has 0 fully saturated rings. The van der Waals surface area contributed by atoms with E-state index in [1.165, 1.54) is 17.7 Å². The maximum absolute atomic E-state index is 13.4. The molecule has 0 radical (unpaired) electrons. The number of hydrogen-bond donors (Lipinski definition) is 1. The van der Waals surface area contributed by atoms with Crippen molar-refractivity contribution >= 4 is 23.1 Å². The molecule has 5 heteroatoms. The van der Waals surface area contributed by atoms with Gasteiger partial charge in [-0.3, -0.25) is 0 Å². The van der Waals surface area contributed by atoms with E-state index in [0.29, 0.717) is 22.4 Å². The molecule has 0 spiro atoms. The zero-order valence-corrected chi connectivity index (χ0v) is 14.4. The van der Waals surface area contributed by atoms with E-state index >= 15 is 0 Å². The summed E-state index contributed by atoms with van der Waals surface area (Å²) in [6.07, 6.45) is 0. The molecule has 0 saturated carbocycles. The van der Waals surface area contributed by atoms with Crippen molar-refractivity contribution < 1.29 is 4.39 Å². The molecule has 3 nitrogen and oxygen atoms in total. The van der Waals surface area contributed by atoms with Gasteiger partial charge in [-0.25, -0.2) is 14.4 Å². The Bertz CT molecular complexity index is 886. The van der Waals surface area contributed by atoms with E-state index in [4.69, 9.17) is 11.6 Å². The Balaban J connectivity index is 2.01. The van der Waals surface area contributed by atoms with E-state index in [2.05, 4.69) is 34.3 Å². The van der Waals surface area contributed by atoms with Gasteiger partial charge in [0.15, 0.2) is 5.82 Å². The predicted octanol–water partition coefficient (Wildman–Crippen LogP) is 5.60. The maximum atomic E-state index is 13.4. The number of hydrogen-bond acceptors (Lipinski definition) is 3. The van der Waals surface area contributed by atoms with Gasteiger partial charge in [-0.2, -0.15) is 0 Å². The number of rotatable bonds is 3. The summed E-state index contributed by atoms with van der Waals surface area (Å²) in [6.45, 7) is 6.14. The van der Waals surface area contributed by atoms with Crippen LogP contribution in [0.5, 0.6) is 0 Å². The van der Waals surface area contributed by atoms with Crippen molar-refractivity contribution in [2.75, 3.05) is 5.32 Å². The Labute approximate surface area is 145 Å². The molecule has 3 aromatic rings. The van der Waals surface area contributed by atoms with Gasteiger partial charge >= 0.3 is 0 Å². The number of nitrogens with zero attached hydrogens (tertiary/aromatic N) is 2. The summed E-state index contributed by atoms with van der Waals surface area (Å²) in [7, 11) is 0. The second kappa shape index (κ2) is 6.57. The lowest BCUT2D eigenvalue weighted by molar-refractivity contribution is 0.628. The quantitative estimate of drug-likeness (QED) is 0.629. The van der Waals surface area contributed by atoms with Crippen LogP contribution in [-0.4, -0.2) is 9.97 Å². The van der Waals surface area contributed by atoms with Gasteiger partial charge in [-0.15, -0.1) is 0 Å². The lowest BCUT2D eigenvalue weighted by atomic mass is 10.1. The smallest absolute Gasteiger partial charge is 0.163 e. The minimum Gasteiger partial charge on any atom is -0.340 e. The standard InChI is InChI=1S/C19H17ClFN3/c1-11-7-12(2)18(13(3)8-11)23-17-10-16(20)22-19(24-17)14-5-4-6-15(21)9-14/h4-10H,1-3H3,(H,22,23,24). The first-order chi connectivity index (χ1) is 11.4. The summed E-state index contributed by atoms with van der Waals surface area (Å²) < 4.78 is 13.4. The van der Waals surface area contributed by atoms with E-state index in [1.54, 1.807) is 18.2 Å². The Hall–Kier alpha value is -2.46. The van der Waals surface area contributed by atoms with Crippen LogP contribution >= 0.6 is 11.6 Å². The van der Waals surface area contributed by atoms with Crippen molar-refractivity contribution in [2.45, 2.75) is 20.8 Å². The fraction of sp³-hybridized carbons (Fsp3) is 0.158. The monoisotopic (exact) mass is 341 g/mol. The van der Waals surface area contributed by atoms with Gasteiger partial charge in [0, 0.05) is 17.3 Å². The highest BCUT2D eigenvalue weighted by Crippen LogP contribution is 2.27. The van der Waals surface area contributed by atoms with Crippen molar-refractivity contribution in [1.29, 1.82) is 0 Å². The van der Waals surface area contributed by atoms with Crippen LogP contribution in [0.15, 0.2) is 42.5 Å². The maximum Gasteiger partial charge on any atom is 0.163 e. The molecular weight excluding hydrogens is 325 g/mol. The summed E-state index contributed by atoms with van der Waals surface area (Å²) in [4.78, 5) is 8.66. The van der Waals surface area contributed by atoms with Crippen molar-refractivity contribution in [1.82, 2.24) is 9.97 Å². The lowest BCUT2D eigenvalue weighted by Gasteiger charge is -2.14. The molecule has 122 valence electrons. The SMILES string of the molecule is Cc1cc(C)c(Nc2cc(Cl)nc(-c3cccc(F)c3)n2)c(C)c1. The Kier molecular flexibility index (Phi) is 4.49. The molecule has 0 aliphatic carbocycles. The molecule has 1 heterocycles. The zero-order chi connectivity index (χ0) is 17.3. The molecule has 24 heavy (non-hydrogen) atoms. The minimum atomic E-state index is -0.337. The van der Waals surface area contributed by atoms with Crippen molar-refractivity contribution in [3.05, 3.63) is 70.1 Å². The molecule has 1 aromatic heterocycles. The van der Waals surface area contributed by atoms with Gasteiger partial charge in [-0.05, 0) is 44.0 Å². The molecule has 0 saturated heterocycles. The zero-order valence-electron chi connectivity index (χ0n) is 13.7. The highest BCUT2D eigenvalue weighted by atomic mass is 35.5. The first-order valence-corrected chi connectivity index (χ1v) is 7.95. The first-order valence-electron chi connectivity index (χ1n) is 7.58. The molecule has 1 N–H and O–H groups in total. The number of benzene rings is 2. The average molecular weight is 342 g/mol. The van der Waals surface area contributed by atoms with E-state index < -0.39 is 0 Å². The van der Waals surface area contributed by atoms with Gasteiger partial charge in [-0.1, -0.05) is 41.4 Å². The van der Waals surface area contributed by atoms with E-state index in [-0.39, 0.29) is 5.82 Å². The molecule has 3 rings (SSSR count). The van der Waals surface area contributed by atoms with Crippen LogP contribution in [-0.2, 0) is 0 Å². The number of halogens is 2. The topological polar surface area (TPSA) is 37.8 Å². The third kappa shape index (κ3) is 3.54. The van der Waals surface area contributed by atoms with Crippen LogP contribution in [0.2, 0.25) is 5.15 Å². The molecule has 0 unspecified atom stereocenters. The van der Waals surface area contributed by atoms with Crippen LogP contribution in [0, 0.1) is 26.6 Å². The van der Waals surface area contributed by atoms with Crippen LogP contribution in [0.25, 0.3) is 11.4 Å². The number of anilines is 2. The van der Waals surface area contributed by atoms with Crippen LogP contribution in [0.3, 0.4) is 0 Å². The summed E-state index contributed by atoms with van der Waals surface area (Å²) in [5.74, 6) is 0.618. The van der Waals surface area contributed by atoms with Crippen molar-refractivity contribution in [3.8, 4) is 11.4 Å². The normalized spacial score (nSPS) is 10.7. The third-order valence-corrected chi connectivity index (χ3v) is 3.90. The van der Waals surface area contributed by atoms with Gasteiger partial charge in [0.05, 0.1) is 0 Å². The molecule has 0 bridgehead atoms. The summed E-state index contributed by atoms with van der Waals surface area (Å²) in [6, 6.07) is 12.0. The van der Waals surface area contributed by atoms with Crippen molar-refractivity contribution in [3.63, 3.8) is 0 Å². The largest absolute Gasteiger partial charge is 0.340 e. The Morgan fingerprint density at radius 3 is 2.33 bits per heavy atom. The Morgan fingerprint density at radius 2 is 1.67 bits per heavy atom. The number of aryl methyl sites for hydroxylation is 3. The molecular formula is C19H17ClFN3. The number of nitrogens with one attached hydrogen (secondary N) is 1.